The monoisotopic (exact) mass is 329 g/mol. The number of benzene rings is 1. The zero-order valence-corrected chi connectivity index (χ0v) is 13.4. The number of sulfonamides is 1. The Bertz CT molecular complexity index is 629. The molecule has 2 heterocycles. The number of anilines is 1. The van der Waals surface area contributed by atoms with Crippen LogP contribution in [0.2, 0.25) is 5.02 Å². The number of hydrogen-bond donors (Lipinski definition) is 1. The van der Waals surface area contributed by atoms with E-state index in [9.17, 15) is 8.42 Å². The van der Waals surface area contributed by atoms with Gasteiger partial charge in [-0.25, -0.2) is 8.42 Å². The molecule has 116 valence electrons. The van der Waals surface area contributed by atoms with Crippen molar-refractivity contribution in [2.45, 2.75) is 30.2 Å². The van der Waals surface area contributed by atoms with Crippen LogP contribution in [0.25, 0.3) is 0 Å². The van der Waals surface area contributed by atoms with Crippen LogP contribution in [-0.4, -0.2) is 49.8 Å². The van der Waals surface area contributed by atoms with Crippen molar-refractivity contribution in [1.82, 2.24) is 9.21 Å². The van der Waals surface area contributed by atoms with Gasteiger partial charge in [-0.2, -0.15) is 4.31 Å². The summed E-state index contributed by atoms with van der Waals surface area (Å²) in [7, 11) is -3.53. The number of likely N-dealkylation sites (tertiary alicyclic amines) is 1. The van der Waals surface area contributed by atoms with Crippen LogP contribution in [0.4, 0.5) is 5.69 Å². The molecule has 7 heteroatoms. The molecule has 0 bridgehead atoms. The first-order chi connectivity index (χ1) is 9.98. The molecule has 0 aliphatic carbocycles. The molecule has 2 aliphatic heterocycles. The smallest absolute Gasteiger partial charge is 0.244 e. The highest BCUT2D eigenvalue weighted by Crippen LogP contribution is 2.30. The van der Waals surface area contributed by atoms with Crippen LogP contribution in [0.3, 0.4) is 0 Å². The van der Waals surface area contributed by atoms with Crippen LogP contribution in [-0.2, 0) is 10.0 Å². The summed E-state index contributed by atoms with van der Waals surface area (Å²) in [4.78, 5) is 2.56. The molecular formula is C14H20ClN3O2S. The molecule has 5 nitrogen and oxygen atoms in total. The van der Waals surface area contributed by atoms with Gasteiger partial charge in [0, 0.05) is 24.8 Å². The molecule has 1 aromatic rings. The lowest BCUT2D eigenvalue weighted by molar-refractivity contribution is 0.251. The van der Waals surface area contributed by atoms with E-state index in [4.69, 9.17) is 17.3 Å². The van der Waals surface area contributed by atoms with E-state index < -0.39 is 10.0 Å². The highest BCUT2D eigenvalue weighted by molar-refractivity contribution is 7.89. The molecule has 21 heavy (non-hydrogen) atoms. The standard InChI is InChI=1S/C14H20ClN3O2S/c15-13-9-11(16)3-4-14(13)21(19,20)18-8-5-12(10-18)17-6-1-2-7-17/h3-4,9,12H,1-2,5-8,10,16H2. The molecule has 2 saturated heterocycles. The van der Waals surface area contributed by atoms with Gasteiger partial charge in [0.1, 0.15) is 4.90 Å². The normalized spacial score (nSPS) is 24.7. The van der Waals surface area contributed by atoms with Crippen LogP contribution in [0.1, 0.15) is 19.3 Å². The number of nitrogens with zero attached hydrogens (tertiary/aromatic N) is 2. The Hall–Kier alpha value is -0.820. The van der Waals surface area contributed by atoms with Gasteiger partial charge < -0.3 is 5.73 Å². The summed E-state index contributed by atoms with van der Waals surface area (Å²) in [6, 6.07) is 4.90. The molecular weight excluding hydrogens is 310 g/mol. The number of nitrogens with two attached hydrogens (primary N) is 1. The van der Waals surface area contributed by atoms with Gasteiger partial charge in [0.25, 0.3) is 0 Å². The molecule has 0 saturated carbocycles. The van der Waals surface area contributed by atoms with E-state index in [2.05, 4.69) is 4.90 Å². The molecule has 1 aromatic carbocycles. The van der Waals surface area contributed by atoms with Crippen molar-refractivity contribution in [3.05, 3.63) is 23.2 Å². The van der Waals surface area contributed by atoms with Gasteiger partial charge in [0.05, 0.1) is 5.02 Å². The molecule has 2 N–H and O–H groups in total. The molecule has 1 atom stereocenters. The molecule has 2 fully saturated rings. The molecule has 0 amide bonds. The lowest BCUT2D eigenvalue weighted by atomic mass is 10.2. The van der Waals surface area contributed by atoms with Crippen molar-refractivity contribution >= 4 is 27.3 Å². The van der Waals surface area contributed by atoms with E-state index in [-0.39, 0.29) is 9.92 Å². The Kier molecular flexibility index (Phi) is 4.14. The minimum atomic E-state index is -3.53. The van der Waals surface area contributed by atoms with Gasteiger partial charge in [-0.15, -0.1) is 0 Å². The lowest BCUT2D eigenvalue weighted by Gasteiger charge is -2.23. The molecule has 1 unspecified atom stereocenters. The Balaban J connectivity index is 1.79. The summed E-state index contributed by atoms with van der Waals surface area (Å²) >= 11 is 6.06. The Morgan fingerprint density at radius 3 is 2.57 bits per heavy atom. The van der Waals surface area contributed by atoms with Crippen LogP contribution in [0.5, 0.6) is 0 Å². The van der Waals surface area contributed by atoms with Crippen molar-refractivity contribution in [1.29, 1.82) is 0 Å². The minimum absolute atomic E-state index is 0.153. The van der Waals surface area contributed by atoms with Gasteiger partial charge in [0.2, 0.25) is 10.0 Å². The molecule has 3 rings (SSSR count). The predicted octanol–water partition coefficient (Wildman–Crippen LogP) is 1.78. The van der Waals surface area contributed by atoms with E-state index >= 15 is 0 Å². The van der Waals surface area contributed by atoms with E-state index in [0.717, 1.165) is 19.5 Å². The maximum Gasteiger partial charge on any atom is 0.244 e. The summed E-state index contributed by atoms with van der Waals surface area (Å²) in [6.45, 7) is 3.29. The van der Waals surface area contributed by atoms with Crippen LogP contribution in [0, 0.1) is 0 Å². The van der Waals surface area contributed by atoms with Crippen molar-refractivity contribution in [2.24, 2.45) is 0 Å². The average Bonchev–Trinajstić information content (AvgIpc) is 3.09. The number of nitrogen functional groups attached to an aromatic ring is 1. The quantitative estimate of drug-likeness (QED) is 0.858. The largest absolute Gasteiger partial charge is 0.399 e. The second-order valence-electron chi connectivity index (χ2n) is 5.74. The van der Waals surface area contributed by atoms with Crippen LogP contribution >= 0.6 is 11.6 Å². The van der Waals surface area contributed by atoms with Crippen molar-refractivity contribution in [2.75, 3.05) is 31.9 Å². The lowest BCUT2D eigenvalue weighted by Crippen LogP contribution is -2.37. The van der Waals surface area contributed by atoms with Crippen molar-refractivity contribution < 1.29 is 8.42 Å². The highest BCUT2D eigenvalue weighted by Gasteiger charge is 2.36. The van der Waals surface area contributed by atoms with Gasteiger partial charge in [-0.3, -0.25) is 4.90 Å². The van der Waals surface area contributed by atoms with Crippen LogP contribution in [0.15, 0.2) is 23.1 Å². The van der Waals surface area contributed by atoms with Gasteiger partial charge in [-0.05, 0) is 50.6 Å². The third-order valence-corrected chi connectivity index (χ3v) is 6.70. The topological polar surface area (TPSA) is 66.6 Å². The van der Waals surface area contributed by atoms with Gasteiger partial charge >= 0.3 is 0 Å². The first-order valence-corrected chi connectivity index (χ1v) is 9.09. The zero-order chi connectivity index (χ0) is 15.0. The Labute approximate surface area is 130 Å². The maximum atomic E-state index is 12.7. The Morgan fingerprint density at radius 1 is 1.19 bits per heavy atom. The Morgan fingerprint density at radius 2 is 1.90 bits per heavy atom. The number of rotatable bonds is 3. The van der Waals surface area contributed by atoms with E-state index in [1.54, 1.807) is 10.4 Å². The summed E-state index contributed by atoms with van der Waals surface area (Å²) in [5.74, 6) is 0. The number of hydrogen-bond acceptors (Lipinski definition) is 4. The SMILES string of the molecule is Nc1ccc(S(=O)(=O)N2CCC(N3CCCC3)C2)c(Cl)c1. The molecule has 0 aromatic heterocycles. The summed E-state index contributed by atoms with van der Waals surface area (Å²) < 4.78 is 27.0. The fourth-order valence-electron chi connectivity index (χ4n) is 3.20. The zero-order valence-electron chi connectivity index (χ0n) is 11.8. The fraction of sp³-hybridized carbons (Fsp3) is 0.571. The summed E-state index contributed by atoms with van der Waals surface area (Å²) in [5, 5.41) is 0.194. The van der Waals surface area contributed by atoms with Crippen molar-refractivity contribution in [3.8, 4) is 0 Å². The first-order valence-electron chi connectivity index (χ1n) is 7.28. The maximum absolute atomic E-state index is 12.7. The fourth-order valence-corrected chi connectivity index (χ4v) is 5.22. The van der Waals surface area contributed by atoms with E-state index in [1.807, 2.05) is 0 Å². The molecule has 2 aliphatic rings. The van der Waals surface area contributed by atoms with Gasteiger partial charge in [-0.1, -0.05) is 11.6 Å². The number of halogens is 1. The van der Waals surface area contributed by atoms with Gasteiger partial charge in [0.15, 0.2) is 0 Å². The molecule has 0 spiro atoms. The molecule has 0 radical (unpaired) electrons. The first kappa shape index (κ1) is 15.1. The summed E-state index contributed by atoms with van der Waals surface area (Å²) in [6.07, 6.45) is 3.33. The van der Waals surface area contributed by atoms with E-state index in [1.165, 1.54) is 25.0 Å². The predicted molar refractivity (Wildman–Crippen MR) is 83.8 cm³/mol. The third kappa shape index (κ3) is 2.90. The third-order valence-electron chi connectivity index (χ3n) is 4.36. The second kappa shape index (κ2) is 5.76. The van der Waals surface area contributed by atoms with Crippen molar-refractivity contribution in [3.63, 3.8) is 0 Å². The van der Waals surface area contributed by atoms with E-state index in [0.29, 0.717) is 24.8 Å². The second-order valence-corrected chi connectivity index (χ2v) is 8.05. The minimum Gasteiger partial charge on any atom is -0.399 e. The average molecular weight is 330 g/mol. The highest BCUT2D eigenvalue weighted by atomic mass is 35.5. The summed E-state index contributed by atoms with van der Waals surface area (Å²) in [5.41, 5.74) is 6.10. The van der Waals surface area contributed by atoms with Crippen LogP contribution < -0.4 is 5.73 Å².